The summed E-state index contributed by atoms with van der Waals surface area (Å²) >= 11 is 0. The Balaban J connectivity index is 1.62. The van der Waals surface area contributed by atoms with Gasteiger partial charge in [0.1, 0.15) is 12.1 Å². The number of carbonyl (C=O) groups excluding carboxylic acids is 3. The van der Waals surface area contributed by atoms with E-state index >= 15 is 0 Å². The van der Waals surface area contributed by atoms with Gasteiger partial charge in [0.05, 0.1) is 6.04 Å². The normalized spacial score (nSPS) is 22.2. The highest BCUT2D eigenvalue weighted by Crippen LogP contribution is 2.28. The summed E-state index contributed by atoms with van der Waals surface area (Å²) in [6, 6.07) is 5.12. The maximum absolute atomic E-state index is 12.4. The summed E-state index contributed by atoms with van der Waals surface area (Å²) in [5.41, 5.74) is 4.82. The van der Waals surface area contributed by atoms with Crippen LogP contribution in [0, 0.1) is 0 Å². The van der Waals surface area contributed by atoms with E-state index in [1.807, 2.05) is 0 Å². The van der Waals surface area contributed by atoms with Gasteiger partial charge < -0.3 is 15.3 Å². The number of carboxylic acid groups (broad SMARTS) is 1. The molecule has 2 heterocycles. The van der Waals surface area contributed by atoms with Gasteiger partial charge in [0.15, 0.2) is 0 Å². The molecule has 2 fully saturated rings. The van der Waals surface area contributed by atoms with Gasteiger partial charge >= 0.3 is 12.1 Å². The third-order valence-corrected chi connectivity index (χ3v) is 4.62. The second-order valence-corrected chi connectivity index (χ2v) is 6.30. The molecule has 11 heteroatoms. The maximum Gasteiger partial charge on any atom is 0.405 e. The molecule has 0 aliphatic carbocycles. The van der Waals surface area contributed by atoms with Crippen LogP contribution in [-0.4, -0.2) is 62.8 Å². The van der Waals surface area contributed by atoms with Crippen molar-refractivity contribution < 1.29 is 29.5 Å². The van der Waals surface area contributed by atoms with E-state index in [2.05, 4.69) is 16.2 Å². The summed E-state index contributed by atoms with van der Waals surface area (Å²) in [7, 11) is 0. The van der Waals surface area contributed by atoms with Crippen LogP contribution in [0.2, 0.25) is 0 Å². The highest BCUT2D eigenvalue weighted by Gasteiger charge is 2.46. The van der Waals surface area contributed by atoms with Crippen molar-refractivity contribution in [1.82, 2.24) is 26.1 Å². The zero-order valence-corrected chi connectivity index (χ0v) is 14.2. The minimum atomic E-state index is -1.39. The highest BCUT2D eigenvalue weighted by molar-refractivity contribution is 5.92. The van der Waals surface area contributed by atoms with Crippen molar-refractivity contribution in [1.29, 1.82) is 0 Å². The van der Waals surface area contributed by atoms with E-state index in [-0.39, 0.29) is 12.6 Å². The molecule has 11 nitrogen and oxygen atoms in total. The molecule has 2 aliphatic rings. The molecular formula is C16H19N5O6. The Hall–Kier alpha value is -3.34. The first kappa shape index (κ1) is 18.5. The zero-order valence-electron chi connectivity index (χ0n) is 14.2. The number of carbonyl (C=O) groups is 4. The van der Waals surface area contributed by atoms with Crippen molar-refractivity contribution in [3.8, 4) is 0 Å². The summed E-state index contributed by atoms with van der Waals surface area (Å²) < 4.78 is 0. The summed E-state index contributed by atoms with van der Waals surface area (Å²) in [6.45, 7) is 0.231. The Kier molecular flexibility index (Phi) is 5.12. The molecule has 5 N–H and O–H groups in total. The van der Waals surface area contributed by atoms with E-state index in [4.69, 9.17) is 5.11 Å². The molecule has 1 aromatic carbocycles. The molecule has 144 valence electrons. The zero-order chi connectivity index (χ0) is 19.6. The summed E-state index contributed by atoms with van der Waals surface area (Å²) in [6.07, 6.45) is -0.600. The van der Waals surface area contributed by atoms with Crippen molar-refractivity contribution in [2.24, 2.45) is 0 Å². The number of hydrazine groups is 1. The molecule has 3 atom stereocenters. The fourth-order valence-electron chi connectivity index (χ4n) is 3.27. The smallest absolute Gasteiger partial charge is 0.405 e. The second kappa shape index (κ2) is 7.50. The van der Waals surface area contributed by atoms with E-state index < -0.39 is 36.0 Å². The number of rotatable bonds is 4. The molecular weight excluding hydrogens is 358 g/mol. The van der Waals surface area contributed by atoms with Gasteiger partial charge in [0, 0.05) is 6.54 Å². The molecule has 1 aromatic rings. The van der Waals surface area contributed by atoms with Crippen molar-refractivity contribution >= 4 is 23.9 Å². The average molecular weight is 377 g/mol. The molecule has 0 radical (unpaired) electrons. The van der Waals surface area contributed by atoms with Crippen LogP contribution in [0.15, 0.2) is 30.3 Å². The van der Waals surface area contributed by atoms with Gasteiger partial charge in [-0.25, -0.2) is 14.7 Å². The second-order valence-electron chi connectivity index (χ2n) is 6.30. The van der Waals surface area contributed by atoms with Crippen LogP contribution in [-0.2, 0) is 9.59 Å². The molecule has 2 saturated heterocycles. The number of piperidine rings is 1. The molecule has 3 rings (SSSR count). The number of hydroxylamine groups is 2. The van der Waals surface area contributed by atoms with Gasteiger partial charge in [0.25, 0.3) is 11.8 Å². The Morgan fingerprint density at radius 2 is 1.81 bits per heavy atom. The minimum absolute atomic E-state index is 0.231. The maximum atomic E-state index is 12.4. The Morgan fingerprint density at radius 1 is 1.11 bits per heavy atom. The van der Waals surface area contributed by atoms with Gasteiger partial charge in [-0.3, -0.25) is 25.6 Å². The number of nitrogens with zero attached hydrogens (tertiary/aromatic N) is 2. The Morgan fingerprint density at radius 3 is 2.48 bits per heavy atom. The Bertz CT molecular complexity index is 757. The summed E-state index contributed by atoms with van der Waals surface area (Å²) in [5.74, 6) is -1.39. The lowest BCUT2D eigenvalue weighted by atomic mass is 10.0. The lowest BCUT2D eigenvalue weighted by Crippen LogP contribution is -2.55. The van der Waals surface area contributed by atoms with E-state index in [0.29, 0.717) is 23.5 Å². The van der Waals surface area contributed by atoms with Gasteiger partial charge in [-0.2, -0.15) is 0 Å². The van der Waals surface area contributed by atoms with Gasteiger partial charge in [0.2, 0.25) is 0 Å². The largest absolute Gasteiger partial charge is 0.465 e. The molecule has 1 unspecified atom stereocenters. The lowest BCUT2D eigenvalue weighted by molar-refractivity contribution is -0.132. The summed E-state index contributed by atoms with van der Waals surface area (Å²) in [4.78, 5) is 48.9. The third kappa shape index (κ3) is 3.77. The number of benzene rings is 1. The van der Waals surface area contributed by atoms with Crippen LogP contribution in [0.4, 0.5) is 9.59 Å². The minimum Gasteiger partial charge on any atom is -0.465 e. The number of fused-ring (bicyclic) bond motifs is 2. The molecule has 0 spiro atoms. The number of hydrogen-bond donors (Lipinski definition) is 5. The monoisotopic (exact) mass is 377 g/mol. The number of amides is 5. The quantitative estimate of drug-likeness (QED) is 0.362. The van der Waals surface area contributed by atoms with Gasteiger partial charge in [-0.1, -0.05) is 30.3 Å². The van der Waals surface area contributed by atoms with Crippen molar-refractivity contribution in [3.05, 3.63) is 35.9 Å². The standard InChI is InChI=1S/C16H19N5O6/c22-13(11-7-6-10-8-20(11)16(26)21(10)27)18-19-14(23)12(17-15(24)25)9-4-2-1-3-5-9/h1-5,10-12,17,27H,6-8H2,(H,18,22)(H,19,23)(H,24,25)/t10-,11+,12?/m1/s1. The first-order valence-corrected chi connectivity index (χ1v) is 8.31. The molecule has 2 aliphatic heterocycles. The predicted octanol–water partition coefficient (Wildman–Crippen LogP) is -0.199. The van der Waals surface area contributed by atoms with Crippen LogP contribution in [0.3, 0.4) is 0 Å². The van der Waals surface area contributed by atoms with Crippen LogP contribution in [0.25, 0.3) is 0 Å². The predicted molar refractivity (Wildman–Crippen MR) is 89.2 cm³/mol. The van der Waals surface area contributed by atoms with Crippen molar-refractivity contribution in [2.45, 2.75) is 31.0 Å². The molecule has 5 amide bonds. The van der Waals surface area contributed by atoms with E-state index in [1.54, 1.807) is 30.3 Å². The van der Waals surface area contributed by atoms with Crippen molar-refractivity contribution in [3.63, 3.8) is 0 Å². The lowest BCUT2D eigenvalue weighted by Gasteiger charge is -2.29. The molecule has 0 aromatic heterocycles. The Labute approximate surface area is 153 Å². The highest BCUT2D eigenvalue weighted by atomic mass is 16.5. The van der Waals surface area contributed by atoms with Crippen LogP contribution < -0.4 is 16.2 Å². The van der Waals surface area contributed by atoms with Crippen LogP contribution in [0.1, 0.15) is 24.4 Å². The van der Waals surface area contributed by atoms with Gasteiger partial charge in [-0.15, -0.1) is 0 Å². The van der Waals surface area contributed by atoms with Crippen LogP contribution in [0.5, 0.6) is 0 Å². The molecule has 2 bridgehead atoms. The van der Waals surface area contributed by atoms with E-state index in [9.17, 15) is 24.4 Å². The van der Waals surface area contributed by atoms with Crippen LogP contribution >= 0.6 is 0 Å². The number of nitrogens with one attached hydrogen (secondary N) is 3. The van der Waals surface area contributed by atoms with E-state index in [1.165, 1.54) is 4.90 Å². The molecule has 27 heavy (non-hydrogen) atoms. The number of hydrogen-bond acceptors (Lipinski definition) is 5. The average Bonchev–Trinajstić information content (AvgIpc) is 2.88. The topological polar surface area (TPSA) is 151 Å². The summed E-state index contributed by atoms with van der Waals surface area (Å²) in [5, 5.41) is 21.3. The van der Waals surface area contributed by atoms with Gasteiger partial charge in [-0.05, 0) is 18.4 Å². The SMILES string of the molecule is O=C(O)NC(C(=O)NNC(=O)[C@@H]1CC[C@@H]2CN1C(=O)N2O)c1ccccc1. The molecule has 0 saturated carbocycles. The first-order chi connectivity index (χ1) is 12.9. The number of urea groups is 1. The van der Waals surface area contributed by atoms with Crippen molar-refractivity contribution in [2.75, 3.05) is 6.54 Å². The fraction of sp³-hybridized carbons (Fsp3) is 0.375. The fourth-order valence-corrected chi connectivity index (χ4v) is 3.27. The third-order valence-electron chi connectivity index (χ3n) is 4.62. The van der Waals surface area contributed by atoms with E-state index in [0.717, 1.165) is 0 Å². The first-order valence-electron chi connectivity index (χ1n) is 8.31.